The Balaban J connectivity index is 1.89. The minimum absolute atomic E-state index is 0.129. The number of anilines is 1. The molecule has 2 heterocycles. The van der Waals surface area contributed by atoms with Gasteiger partial charge in [0.25, 0.3) is 0 Å². The Kier molecular flexibility index (Phi) is 7.98. The highest BCUT2D eigenvalue weighted by molar-refractivity contribution is 6.31. The summed E-state index contributed by atoms with van der Waals surface area (Å²) < 4.78 is 11.6. The molecule has 0 aliphatic carbocycles. The molecule has 9 nitrogen and oxygen atoms in total. The largest absolute Gasteiger partial charge is 0.491 e. The van der Waals surface area contributed by atoms with Crippen LogP contribution >= 0.6 is 11.6 Å². The number of aliphatic imine (C=N–C) groups is 1. The quantitative estimate of drug-likeness (QED) is 0.446. The number of rotatable bonds is 7. The first-order valence-corrected chi connectivity index (χ1v) is 11.3. The fraction of sp³-hybridized carbons (Fsp3) is 0.417. The van der Waals surface area contributed by atoms with Crippen LogP contribution < -0.4 is 15.8 Å². The number of nitrogens with one attached hydrogen (secondary N) is 1. The summed E-state index contributed by atoms with van der Waals surface area (Å²) >= 11 is 6.33. The molecule has 1 amide bonds. The number of ether oxygens (including phenoxy) is 2. The van der Waals surface area contributed by atoms with E-state index in [1.807, 2.05) is 33.8 Å². The van der Waals surface area contributed by atoms with Gasteiger partial charge in [-0.25, -0.2) is 14.8 Å². The molecule has 2 aromatic rings. The number of carbonyl (C=O) groups excluding carboxylic acids is 1. The van der Waals surface area contributed by atoms with Crippen molar-refractivity contribution in [2.24, 2.45) is 4.99 Å². The SMILES string of the molecule is CN=C/C=C\NCCOc1cc(Cl)cc(C)c1-c1nc(N)nc2c1CN(C(=O)OC(C)(C)C)C2. The Morgan fingerprint density at radius 2 is 2.09 bits per heavy atom. The average Bonchev–Trinajstić information content (AvgIpc) is 3.15. The zero-order valence-corrected chi connectivity index (χ0v) is 20.9. The molecule has 3 rings (SSSR count). The van der Waals surface area contributed by atoms with Crippen LogP contribution in [-0.2, 0) is 17.8 Å². The third kappa shape index (κ3) is 6.38. The summed E-state index contributed by atoms with van der Waals surface area (Å²) in [6.45, 7) is 9.02. The number of hydrogen-bond donors (Lipinski definition) is 2. The van der Waals surface area contributed by atoms with E-state index in [0.717, 1.165) is 16.7 Å². The van der Waals surface area contributed by atoms with Crippen LogP contribution in [0.5, 0.6) is 5.75 Å². The first-order chi connectivity index (χ1) is 16.1. The molecular formula is C24H31ClN6O3. The van der Waals surface area contributed by atoms with Gasteiger partial charge in [-0.15, -0.1) is 0 Å². The second-order valence-corrected chi connectivity index (χ2v) is 9.29. The highest BCUT2D eigenvalue weighted by Crippen LogP contribution is 2.40. The maximum atomic E-state index is 12.7. The van der Waals surface area contributed by atoms with E-state index in [9.17, 15) is 4.79 Å². The topological polar surface area (TPSA) is 115 Å². The third-order valence-corrected chi connectivity index (χ3v) is 5.12. The van der Waals surface area contributed by atoms with Crippen LogP contribution in [0.1, 0.15) is 37.6 Å². The van der Waals surface area contributed by atoms with E-state index >= 15 is 0 Å². The van der Waals surface area contributed by atoms with Gasteiger partial charge in [0.05, 0.1) is 24.5 Å². The molecule has 1 aromatic carbocycles. The highest BCUT2D eigenvalue weighted by atomic mass is 35.5. The number of nitrogens with two attached hydrogens (primary N) is 1. The number of nitrogen functional groups attached to an aromatic ring is 1. The van der Waals surface area contributed by atoms with Crippen LogP contribution in [0.15, 0.2) is 29.4 Å². The number of benzene rings is 1. The normalized spacial score (nSPS) is 13.5. The lowest BCUT2D eigenvalue weighted by Gasteiger charge is -2.24. The number of carbonyl (C=O) groups is 1. The van der Waals surface area contributed by atoms with Crippen molar-refractivity contribution in [3.05, 3.63) is 46.3 Å². The Morgan fingerprint density at radius 3 is 2.79 bits per heavy atom. The third-order valence-electron chi connectivity index (χ3n) is 4.91. The molecule has 1 aliphatic rings. The second kappa shape index (κ2) is 10.7. The Morgan fingerprint density at radius 1 is 1.32 bits per heavy atom. The molecule has 182 valence electrons. The predicted octanol–water partition coefficient (Wildman–Crippen LogP) is 4.12. The second-order valence-electron chi connectivity index (χ2n) is 8.86. The number of hydrogen-bond acceptors (Lipinski definition) is 8. The van der Waals surface area contributed by atoms with Gasteiger partial charge >= 0.3 is 6.09 Å². The Labute approximate surface area is 205 Å². The monoisotopic (exact) mass is 486 g/mol. The van der Waals surface area contributed by atoms with E-state index in [1.54, 1.807) is 36.5 Å². The van der Waals surface area contributed by atoms with Crippen LogP contribution in [0.3, 0.4) is 0 Å². The molecule has 1 aliphatic heterocycles. The molecule has 0 unspecified atom stereocenters. The molecule has 1 aromatic heterocycles. The van der Waals surface area contributed by atoms with Gasteiger partial charge in [-0.05, 0) is 57.7 Å². The van der Waals surface area contributed by atoms with Crippen molar-refractivity contribution in [1.29, 1.82) is 0 Å². The number of allylic oxidation sites excluding steroid dienone is 1. The van der Waals surface area contributed by atoms with Gasteiger partial charge in [-0.2, -0.15) is 0 Å². The van der Waals surface area contributed by atoms with Crippen LogP contribution in [0.4, 0.5) is 10.7 Å². The summed E-state index contributed by atoms with van der Waals surface area (Å²) in [4.78, 5) is 27.1. The van der Waals surface area contributed by atoms with Crippen LogP contribution in [-0.4, -0.2) is 53.0 Å². The maximum Gasteiger partial charge on any atom is 0.410 e. The van der Waals surface area contributed by atoms with Gasteiger partial charge in [0.2, 0.25) is 5.95 Å². The highest BCUT2D eigenvalue weighted by Gasteiger charge is 2.32. The summed E-state index contributed by atoms with van der Waals surface area (Å²) in [7, 11) is 1.71. The minimum atomic E-state index is -0.597. The summed E-state index contributed by atoms with van der Waals surface area (Å²) in [5.74, 6) is 0.714. The first-order valence-electron chi connectivity index (χ1n) is 11.0. The van der Waals surface area contributed by atoms with Gasteiger partial charge in [0.1, 0.15) is 18.0 Å². The lowest BCUT2D eigenvalue weighted by atomic mass is 10.00. The molecule has 0 spiro atoms. The molecule has 0 fully saturated rings. The van der Waals surface area contributed by atoms with Crippen molar-refractivity contribution in [3.8, 4) is 17.0 Å². The number of halogens is 1. The Hall–Kier alpha value is -3.33. The zero-order chi connectivity index (χ0) is 24.9. The number of aryl methyl sites for hydroxylation is 1. The molecule has 0 saturated heterocycles. The summed E-state index contributed by atoms with van der Waals surface area (Å²) in [6, 6.07) is 3.61. The van der Waals surface area contributed by atoms with Crippen molar-refractivity contribution in [1.82, 2.24) is 20.2 Å². The van der Waals surface area contributed by atoms with Crippen molar-refractivity contribution >= 4 is 29.9 Å². The minimum Gasteiger partial charge on any atom is -0.491 e. The van der Waals surface area contributed by atoms with Gasteiger partial charge < -0.3 is 20.5 Å². The lowest BCUT2D eigenvalue weighted by molar-refractivity contribution is 0.0241. The number of amides is 1. The van der Waals surface area contributed by atoms with Crippen LogP contribution in [0.25, 0.3) is 11.3 Å². The molecule has 0 radical (unpaired) electrons. The van der Waals surface area contributed by atoms with Crippen molar-refractivity contribution < 1.29 is 14.3 Å². The van der Waals surface area contributed by atoms with E-state index in [1.165, 1.54) is 0 Å². The van der Waals surface area contributed by atoms with Crippen LogP contribution in [0, 0.1) is 6.92 Å². The smallest absolute Gasteiger partial charge is 0.410 e. The molecule has 0 bridgehead atoms. The number of nitrogens with zero attached hydrogens (tertiary/aromatic N) is 4. The van der Waals surface area contributed by atoms with Crippen molar-refractivity contribution in [2.75, 3.05) is 25.9 Å². The predicted molar refractivity (Wildman–Crippen MR) is 134 cm³/mol. The van der Waals surface area contributed by atoms with Crippen LogP contribution in [0.2, 0.25) is 5.02 Å². The summed E-state index contributed by atoms with van der Waals surface area (Å²) in [6.07, 6.45) is 4.88. The van der Waals surface area contributed by atoms with E-state index in [2.05, 4.69) is 20.3 Å². The molecule has 0 atom stereocenters. The van der Waals surface area contributed by atoms with Gasteiger partial charge in [-0.3, -0.25) is 9.89 Å². The lowest BCUT2D eigenvalue weighted by Crippen LogP contribution is -2.33. The molecule has 0 saturated carbocycles. The van der Waals surface area contributed by atoms with E-state index in [-0.39, 0.29) is 5.95 Å². The van der Waals surface area contributed by atoms with Gasteiger partial charge in [0, 0.05) is 36.0 Å². The average molecular weight is 487 g/mol. The summed E-state index contributed by atoms with van der Waals surface area (Å²) in [5, 5.41) is 3.69. The molecular weight excluding hydrogens is 456 g/mol. The summed E-state index contributed by atoms with van der Waals surface area (Å²) in [5.41, 5.74) is 9.24. The fourth-order valence-corrected chi connectivity index (χ4v) is 3.83. The molecule has 34 heavy (non-hydrogen) atoms. The van der Waals surface area contributed by atoms with E-state index < -0.39 is 11.7 Å². The van der Waals surface area contributed by atoms with Crippen molar-refractivity contribution in [2.45, 2.75) is 46.4 Å². The number of fused-ring (bicyclic) bond motifs is 1. The zero-order valence-electron chi connectivity index (χ0n) is 20.2. The standard InChI is InChI=1S/C24H31ClN6O3/c1-15-11-16(25)12-19(33-10-9-28-8-6-7-27-5)20(15)21-17-13-31(23(32)34-24(2,3)4)14-18(17)29-22(26)30-21/h6-8,11-12,28H,9-10,13-14H2,1-5H3,(H2,26,29,30)/b8-6-,27-7?. The van der Waals surface area contributed by atoms with Gasteiger partial charge in [0.15, 0.2) is 0 Å². The Bertz CT molecular complexity index is 1110. The molecule has 10 heteroatoms. The number of aromatic nitrogens is 2. The van der Waals surface area contributed by atoms with Crippen molar-refractivity contribution in [3.63, 3.8) is 0 Å². The maximum absolute atomic E-state index is 12.7. The van der Waals surface area contributed by atoms with E-state index in [4.69, 9.17) is 26.8 Å². The van der Waals surface area contributed by atoms with E-state index in [0.29, 0.717) is 48.4 Å². The first kappa shape index (κ1) is 25.3. The molecule has 3 N–H and O–H groups in total. The van der Waals surface area contributed by atoms with Gasteiger partial charge in [-0.1, -0.05) is 11.6 Å². The fourth-order valence-electron chi connectivity index (χ4n) is 3.57.